The summed E-state index contributed by atoms with van der Waals surface area (Å²) in [5.41, 5.74) is 0.512. The Morgan fingerprint density at radius 1 is 1.44 bits per heavy atom. The predicted molar refractivity (Wildman–Crippen MR) is 67.8 cm³/mol. The summed E-state index contributed by atoms with van der Waals surface area (Å²) >= 11 is 0. The molecule has 0 amide bonds. The highest BCUT2D eigenvalue weighted by Gasteiger charge is 2.33. The molecule has 100 valence electrons. The van der Waals surface area contributed by atoms with Gasteiger partial charge in [0, 0.05) is 17.9 Å². The topological polar surface area (TPSA) is 29.1 Å². The van der Waals surface area contributed by atoms with E-state index in [-0.39, 0.29) is 16.9 Å². The molecule has 3 unspecified atom stereocenters. The van der Waals surface area contributed by atoms with Gasteiger partial charge in [-0.15, -0.1) is 0 Å². The fourth-order valence-electron chi connectivity index (χ4n) is 2.39. The molecule has 1 aromatic carbocycles. The number of rotatable bonds is 3. The molecular formula is C13H17F2NOS. The van der Waals surface area contributed by atoms with Crippen molar-refractivity contribution in [3.8, 4) is 0 Å². The summed E-state index contributed by atoms with van der Waals surface area (Å²) in [5, 5.41) is 3.28. The minimum atomic E-state index is -1.37. The van der Waals surface area contributed by atoms with Gasteiger partial charge in [-0.3, -0.25) is 4.21 Å². The molecule has 18 heavy (non-hydrogen) atoms. The normalized spacial score (nSPS) is 27.0. The molecule has 1 aromatic rings. The van der Waals surface area contributed by atoms with Crippen molar-refractivity contribution >= 4 is 10.8 Å². The predicted octanol–water partition coefficient (Wildman–Crippen LogP) is 2.76. The second-order valence-electron chi connectivity index (χ2n) is 4.73. The molecule has 0 aliphatic carbocycles. The SMILES string of the molecule is CCCNC1c2cc(F)cc(F)c2S(=O)CC1C. The summed E-state index contributed by atoms with van der Waals surface area (Å²) in [4.78, 5) is 0.170. The first-order valence-electron chi connectivity index (χ1n) is 6.15. The lowest BCUT2D eigenvalue weighted by Crippen LogP contribution is -2.35. The summed E-state index contributed by atoms with van der Waals surface area (Å²) < 4.78 is 39.1. The van der Waals surface area contributed by atoms with Crippen molar-refractivity contribution in [1.82, 2.24) is 5.32 Å². The molecule has 1 aliphatic heterocycles. The Hall–Kier alpha value is -0.810. The maximum atomic E-state index is 13.7. The maximum absolute atomic E-state index is 13.7. The third-order valence-electron chi connectivity index (χ3n) is 3.20. The fourth-order valence-corrected chi connectivity index (χ4v) is 3.95. The van der Waals surface area contributed by atoms with Gasteiger partial charge in [0.1, 0.15) is 11.6 Å². The Balaban J connectivity index is 2.46. The Bertz CT molecular complexity index is 478. The lowest BCUT2D eigenvalue weighted by Gasteiger charge is -2.31. The molecule has 0 aromatic heterocycles. The van der Waals surface area contributed by atoms with Gasteiger partial charge < -0.3 is 5.32 Å². The van der Waals surface area contributed by atoms with Gasteiger partial charge in [0.05, 0.1) is 15.7 Å². The maximum Gasteiger partial charge on any atom is 0.142 e. The van der Waals surface area contributed by atoms with Crippen LogP contribution >= 0.6 is 0 Å². The lowest BCUT2D eigenvalue weighted by molar-refractivity contribution is 0.394. The van der Waals surface area contributed by atoms with E-state index in [2.05, 4.69) is 5.32 Å². The van der Waals surface area contributed by atoms with Crippen LogP contribution in [0.4, 0.5) is 8.78 Å². The van der Waals surface area contributed by atoms with E-state index >= 15 is 0 Å². The molecule has 0 saturated heterocycles. The number of benzene rings is 1. The largest absolute Gasteiger partial charge is 0.310 e. The Morgan fingerprint density at radius 3 is 2.83 bits per heavy atom. The average Bonchev–Trinajstić information content (AvgIpc) is 2.27. The first kappa shape index (κ1) is 13.6. The van der Waals surface area contributed by atoms with Gasteiger partial charge in [0.25, 0.3) is 0 Å². The first-order valence-corrected chi connectivity index (χ1v) is 7.47. The molecule has 0 spiro atoms. The Labute approximate surface area is 108 Å². The van der Waals surface area contributed by atoms with Crippen LogP contribution in [0.25, 0.3) is 0 Å². The van der Waals surface area contributed by atoms with Crippen molar-refractivity contribution < 1.29 is 13.0 Å². The van der Waals surface area contributed by atoms with E-state index < -0.39 is 22.4 Å². The average molecular weight is 273 g/mol. The van der Waals surface area contributed by atoms with Gasteiger partial charge in [-0.05, 0) is 30.5 Å². The van der Waals surface area contributed by atoms with Crippen molar-refractivity contribution in [2.45, 2.75) is 31.2 Å². The molecule has 1 N–H and O–H groups in total. The minimum absolute atomic E-state index is 0.103. The highest BCUT2D eigenvalue weighted by Crippen LogP contribution is 2.35. The van der Waals surface area contributed by atoms with Crippen LogP contribution < -0.4 is 5.32 Å². The van der Waals surface area contributed by atoms with Gasteiger partial charge in [0.15, 0.2) is 0 Å². The molecule has 1 heterocycles. The standard InChI is InChI=1S/C13H17F2NOS/c1-3-4-16-12-8(2)7-18(17)13-10(12)5-9(14)6-11(13)15/h5-6,8,12,16H,3-4,7H2,1-2H3. The highest BCUT2D eigenvalue weighted by atomic mass is 32.2. The van der Waals surface area contributed by atoms with Crippen molar-refractivity contribution in [3.05, 3.63) is 29.3 Å². The van der Waals surface area contributed by atoms with Gasteiger partial charge in [-0.1, -0.05) is 13.8 Å². The zero-order valence-electron chi connectivity index (χ0n) is 10.5. The summed E-state index contributed by atoms with van der Waals surface area (Å²) in [7, 11) is -1.37. The van der Waals surface area contributed by atoms with Crippen LogP contribution in [-0.4, -0.2) is 16.5 Å². The monoisotopic (exact) mass is 273 g/mol. The number of hydrogen-bond donors (Lipinski definition) is 1. The van der Waals surface area contributed by atoms with Crippen LogP contribution in [0.1, 0.15) is 31.9 Å². The summed E-state index contributed by atoms with van der Waals surface area (Å²) in [6.45, 7) is 4.77. The van der Waals surface area contributed by atoms with Crippen molar-refractivity contribution in [2.75, 3.05) is 12.3 Å². The highest BCUT2D eigenvalue weighted by molar-refractivity contribution is 7.85. The summed E-state index contributed by atoms with van der Waals surface area (Å²) in [6, 6.07) is 1.99. The Kier molecular flexibility index (Phi) is 4.12. The molecule has 0 bridgehead atoms. The van der Waals surface area contributed by atoms with Crippen LogP contribution in [0.15, 0.2) is 17.0 Å². The van der Waals surface area contributed by atoms with Crippen LogP contribution in [0.5, 0.6) is 0 Å². The van der Waals surface area contributed by atoms with Gasteiger partial charge in [0.2, 0.25) is 0 Å². The number of nitrogens with one attached hydrogen (secondary N) is 1. The number of fused-ring (bicyclic) bond motifs is 1. The van der Waals surface area contributed by atoms with E-state index in [0.29, 0.717) is 11.3 Å². The number of halogens is 2. The molecule has 1 aliphatic rings. The Morgan fingerprint density at radius 2 is 2.17 bits per heavy atom. The zero-order chi connectivity index (χ0) is 13.3. The zero-order valence-corrected chi connectivity index (χ0v) is 11.3. The molecule has 3 atom stereocenters. The van der Waals surface area contributed by atoms with Gasteiger partial charge in [-0.2, -0.15) is 0 Å². The molecule has 0 saturated carbocycles. The van der Waals surface area contributed by atoms with Crippen molar-refractivity contribution in [2.24, 2.45) is 5.92 Å². The van der Waals surface area contributed by atoms with Gasteiger partial charge in [-0.25, -0.2) is 8.78 Å². The smallest absolute Gasteiger partial charge is 0.142 e. The molecular weight excluding hydrogens is 256 g/mol. The second kappa shape index (κ2) is 5.45. The fraction of sp³-hybridized carbons (Fsp3) is 0.538. The molecule has 5 heteroatoms. The quantitative estimate of drug-likeness (QED) is 0.917. The molecule has 0 radical (unpaired) electrons. The third kappa shape index (κ3) is 2.47. The third-order valence-corrected chi connectivity index (χ3v) is 4.91. The summed E-state index contributed by atoms with van der Waals surface area (Å²) in [6.07, 6.45) is 0.944. The van der Waals surface area contributed by atoms with Gasteiger partial charge >= 0.3 is 0 Å². The molecule has 2 rings (SSSR count). The molecule has 2 nitrogen and oxygen atoms in total. The van der Waals surface area contributed by atoms with Crippen LogP contribution in [-0.2, 0) is 10.8 Å². The van der Waals surface area contributed by atoms with Crippen LogP contribution in [0.3, 0.4) is 0 Å². The van der Waals surface area contributed by atoms with Crippen LogP contribution in [0, 0.1) is 17.6 Å². The van der Waals surface area contributed by atoms with E-state index in [0.717, 1.165) is 19.0 Å². The summed E-state index contributed by atoms with van der Waals surface area (Å²) in [5.74, 6) is -0.790. The van der Waals surface area contributed by atoms with Crippen molar-refractivity contribution in [1.29, 1.82) is 0 Å². The van der Waals surface area contributed by atoms with E-state index in [1.54, 1.807) is 0 Å². The first-order chi connectivity index (χ1) is 8.54. The number of hydrogen-bond acceptors (Lipinski definition) is 2. The lowest BCUT2D eigenvalue weighted by atomic mass is 9.94. The second-order valence-corrected chi connectivity index (χ2v) is 6.16. The minimum Gasteiger partial charge on any atom is -0.310 e. The van der Waals surface area contributed by atoms with E-state index in [9.17, 15) is 13.0 Å². The van der Waals surface area contributed by atoms with Crippen LogP contribution in [0.2, 0.25) is 0 Å². The van der Waals surface area contributed by atoms with E-state index in [1.165, 1.54) is 6.07 Å². The van der Waals surface area contributed by atoms with Crippen molar-refractivity contribution in [3.63, 3.8) is 0 Å². The van der Waals surface area contributed by atoms with E-state index in [4.69, 9.17) is 0 Å². The van der Waals surface area contributed by atoms with E-state index in [1.807, 2.05) is 13.8 Å². The molecule has 0 fully saturated rings.